The van der Waals surface area contributed by atoms with Gasteiger partial charge in [0.05, 0.1) is 0 Å². The third-order valence-electron chi connectivity index (χ3n) is 4.13. The van der Waals surface area contributed by atoms with Crippen molar-refractivity contribution < 1.29 is 4.42 Å². The summed E-state index contributed by atoms with van der Waals surface area (Å²) in [4.78, 5) is 0. The normalized spacial score (nSPS) is 20.4. The quantitative estimate of drug-likeness (QED) is 0.869. The van der Waals surface area contributed by atoms with Crippen molar-refractivity contribution in [3.8, 4) is 0 Å². The highest BCUT2D eigenvalue weighted by molar-refractivity contribution is 5.82. The summed E-state index contributed by atoms with van der Waals surface area (Å²) in [6.45, 7) is 5.36. The molecule has 1 aliphatic heterocycles. The Balaban J connectivity index is 1.85. The lowest BCUT2D eigenvalue weighted by Crippen LogP contribution is -2.35. The van der Waals surface area contributed by atoms with E-state index in [1.807, 2.05) is 6.92 Å². The van der Waals surface area contributed by atoms with Crippen LogP contribution in [-0.2, 0) is 6.42 Å². The molecule has 1 fully saturated rings. The minimum Gasteiger partial charge on any atom is -0.461 e. The highest BCUT2D eigenvalue weighted by atomic mass is 16.3. The summed E-state index contributed by atoms with van der Waals surface area (Å²) >= 11 is 0. The SMILES string of the molecule is Cc1oc2ccc(CC3CCCCN3)cc2c1C. The highest BCUT2D eigenvalue weighted by Crippen LogP contribution is 2.26. The molecule has 0 saturated carbocycles. The minimum absolute atomic E-state index is 0.657. The predicted molar refractivity (Wildman–Crippen MR) is 75.0 cm³/mol. The standard InChI is InChI=1S/C16H21NO/c1-11-12(2)18-16-7-6-13(10-15(11)16)9-14-5-3-4-8-17-14/h6-7,10,14,17H,3-5,8-9H2,1-2H3. The van der Waals surface area contributed by atoms with Gasteiger partial charge in [0.25, 0.3) is 0 Å². The Bertz CT molecular complexity index is 549. The number of piperidine rings is 1. The molecule has 0 bridgehead atoms. The molecule has 2 heterocycles. The Kier molecular flexibility index (Phi) is 3.13. The van der Waals surface area contributed by atoms with Gasteiger partial charge < -0.3 is 9.73 Å². The van der Waals surface area contributed by atoms with Crippen LogP contribution in [0.3, 0.4) is 0 Å². The van der Waals surface area contributed by atoms with Gasteiger partial charge in [-0.2, -0.15) is 0 Å². The Morgan fingerprint density at radius 3 is 2.94 bits per heavy atom. The largest absolute Gasteiger partial charge is 0.461 e. The molecule has 18 heavy (non-hydrogen) atoms. The predicted octanol–water partition coefficient (Wildman–Crippen LogP) is 3.73. The van der Waals surface area contributed by atoms with E-state index in [0.717, 1.165) is 17.8 Å². The van der Waals surface area contributed by atoms with E-state index in [4.69, 9.17) is 4.42 Å². The fourth-order valence-corrected chi connectivity index (χ4v) is 2.90. The number of hydrogen-bond donors (Lipinski definition) is 1. The molecule has 0 spiro atoms. The van der Waals surface area contributed by atoms with Crippen molar-refractivity contribution in [3.05, 3.63) is 35.1 Å². The maximum absolute atomic E-state index is 5.73. The maximum Gasteiger partial charge on any atom is 0.134 e. The van der Waals surface area contributed by atoms with Gasteiger partial charge in [0.1, 0.15) is 11.3 Å². The van der Waals surface area contributed by atoms with Crippen LogP contribution in [0.2, 0.25) is 0 Å². The van der Waals surface area contributed by atoms with E-state index in [9.17, 15) is 0 Å². The van der Waals surface area contributed by atoms with Gasteiger partial charge in [-0.05, 0) is 62.9 Å². The highest BCUT2D eigenvalue weighted by Gasteiger charge is 2.14. The zero-order valence-electron chi connectivity index (χ0n) is 11.3. The third-order valence-corrected chi connectivity index (χ3v) is 4.13. The molecule has 1 aliphatic rings. The van der Waals surface area contributed by atoms with Gasteiger partial charge in [-0.15, -0.1) is 0 Å². The number of aryl methyl sites for hydroxylation is 2. The van der Waals surface area contributed by atoms with Crippen LogP contribution in [0.5, 0.6) is 0 Å². The first-order chi connectivity index (χ1) is 8.74. The van der Waals surface area contributed by atoms with Gasteiger partial charge in [0, 0.05) is 11.4 Å². The van der Waals surface area contributed by atoms with Crippen LogP contribution >= 0.6 is 0 Å². The van der Waals surface area contributed by atoms with Gasteiger partial charge in [0.15, 0.2) is 0 Å². The van der Waals surface area contributed by atoms with Crippen molar-refractivity contribution in [2.75, 3.05) is 6.54 Å². The zero-order valence-corrected chi connectivity index (χ0v) is 11.3. The second-order valence-electron chi connectivity index (χ2n) is 5.46. The van der Waals surface area contributed by atoms with Crippen molar-refractivity contribution in [3.63, 3.8) is 0 Å². The molecule has 1 aromatic carbocycles. The lowest BCUT2D eigenvalue weighted by atomic mass is 9.97. The first-order valence-corrected chi connectivity index (χ1v) is 6.96. The maximum atomic E-state index is 5.73. The van der Waals surface area contributed by atoms with Gasteiger partial charge in [-0.3, -0.25) is 0 Å². The molecule has 1 N–H and O–H groups in total. The molecule has 1 aromatic heterocycles. The van der Waals surface area contributed by atoms with E-state index in [0.29, 0.717) is 6.04 Å². The van der Waals surface area contributed by atoms with Crippen molar-refractivity contribution in [1.82, 2.24) is 5.32 Å². The number of benzene rings is 1. The molecule has 0 amide bonds. The number of rotatable bonds is 2. The fraction of sp³-hybridized carbons (Fsp3) is 0.500. The van der Waals surface area contributed by atoms with E-state index >= 15 is 0 Å². The summed E-state index contributed by atoms with van der Waals surface area (Å²) in [6, 6.07) is 7.29. The van der Waals surface area contributed by atoms with Crippen LogP contribution in [0, 0.1) is 13.8 Å². The molecule has 1 saturated heterocycles. The van der Waals surface area contributed by atoms with E-state index in [-0.39, 0.29) is 0 Å². The number of hydrogen-bond acceptors (Lipinski definition) is 2. The van der Waals surface area contributed by atoms with E-state index in [1.165, 1.54) is 42.3 Å². The van der Waals surface area contributed by atoms with Crippen LogP contribution < -0.4 is 5.32 Å². The molecule has 2 nitrogen and oxygen atoms in total. The molecule has 2 heteroatoms. The molecule has 0 aliphatic carbocycles. The first kappa shape index (κ1) is 11.8. The summed E-state index contributed by atoms with van der Waals surface area (Å²) in [5, 5.41) is 4.89. The second kappa shape index (κ2) is 4.77. The van der Waals surface area contributed by atoms with E-state index < -0.39 is 0 Å². The van der Waals surface area contributed by atoms with Gasteiger partial charge in [-0.25, -0.2) is 0 Å². The summed E-state index contributed by atoms with van der Waals surface area (Å²) in [5.41, 5.74) is 3.72. The molecule has 1 atom stereocenters. The first-order valence-electron chi connectivity index (χ1n) is 6.96. The van der Waals surface area contributed by atoms with Crippen LogP contribution in [0.4, 0.5) is 0 Å². The zero-order chi connectivity index (χ0) is 12.5. The van der Waals surface area contributed by atoms with Gasteiger partial charge >= 0.3 is 0 Å². The Hall–Kier alpha value is -1.28. The Morgan fingerprint density at radius 1 is 1.28 bits per heavy atom. The van der Waals surface area contributed by atoms with Crippen molar-refractivity contribution in [2.45, 2.75) is 45.6 Å². The van der Waals surface area contributed by atoms with Gasteiger partial charge in [0.2, 0.25) is 0 Å². The number of furan rings is 1. The molecule has 3 rings (SSSR count). The van der Waals surface area contributed by atoms with Crippen LogP contribution in [0.1, 0.15) is 36.1 Å². The average Bonchev–Trinajstić information content (AvgIpc) is 2.67. The molecule has 0 radical (unpaired) electrons. The smallest absolute Gasteiger partial charge is 0.134 e. The fourth-order valence-electron chi connectivity index (χ4n) is 2.90. The Morgan fingerprint density at radius 2 is 2.17 bits per heavy atom. The summed E-state index contributed by atoms with van der Waals surface area (Å²) < 4.78 is 5.73. The van der Waals surface area contributed by atoms with Crippen molar-refractivity contribution in [2.24, 2.45) is 0 Å². The van der Waals surface area contributed by atoms with E-state index in [1.54, 1.807) is 0 Å². The van der Waals surface area contributed by atoms with Crippen LogP contribution in [-0.4, -0.2) is 12.6 Å². The molecule has 1 unspecified atom stereocenters. The monoisotopic (exact) mass is 243 g/mol. The average molecular weight is 243 g/mol. The summed E-state index contributed by atoms with van der Waals surface area (Å²) in [7, 11) is 0. The third kappa shape index (κ3) is 2.17. The molecular weight excluding hydrogens is 222 g/mol. The van der Waals surface area contributed by atoms with E-state index in [2.05, 4.69) is 30.4 Å². The summed E-state index contributed by atoms with van der Waals surface area (Å²) in [6.07, 6.45) is 5.14. The summed E-state index contributed by atoms with van der Waals surface area (Å²) in [5.74, 6) is 1.04. The lowest BCUT2D eigenvalue weighted by molar-refractivity contribution is 0.399. The van der Waals surface area contributed by atoms with Crippen molar-refractivity contribution >= 4 is 11.0 Å². The molecule has 2 aromatic rings. The van der Waals surface area contributed by atoms with Crippen LogP contribution in [0.15, 0.2) is 22.6 Å². The number of fused-ring (bicyclic) bond motifs is 1. The second-order valence-corrected chi connectivity index (χ2v) is 5.46. The Labute approximate surface area is 108 Å². The van der Waals surface area contributed by atoms with Crippen LogP contribution in [0.25, 0.3) is 11.0 Å². The van der Waals surface area contributed by atoms with Gasteiger partial charge in [-0.1, -0.05) is 12.5 Å². The lowest BCUT2D eigenvalue weighted by Gasteiger charge is -2.23. The van der Waals surface area contributed by atoms with Crippen molar-refractivity contribution in [1.29, 1.82) is 0 Å². The minimum atomic E-state index is 0.657. The molecular formula is C16H21NO. The molecule has 96 valence electrons. The number of nitrogens with one attached hydrogen (secondary N) is 1. The topological polar surface area (TPSA) is 25.2 Å².